The zero-order valence-corrected chi connectivity index (χ0v) is 10.3. The van der Waals surface area contributed by atoms with E-state index < -0.39 is 5.38 Å². The van der Waals surface area contributed by atoms with E-state index in [9.17, 15) is 4.79 Å². The number of fused-ring (bicyclic) bond motifs is 1. The smallest absolute Gasteiger partial charge is 0.138 e. The monoisotopic (exact) mass is 248 g/mol. The quantitative estimate of drug-likeness (QED) is 0.614. The Morgan fingerprint density at radius 3 is 2.65 bits per heavy atom. The molecule has 0 aliphatic heterocycles. The summed E-state index contributed by atoms with van der Waals surface area (Å²) >= 11 is 5.81. The van der Waals surface area contributed by atoms with Crippen molar-refractivity contribution in [1.29, 1.82) is 0 Å². The van der Waals surface area contributed by atoms with Gasteiger partial charge in [0.15, 0.2) is 0 Å². The van der Waals surface area contributed by atoms with E-state index in [0.717, 1.165) is 28.4 Å². The van der Waals surface area contributed by atoms with Gasteiger partial charge in [0.05, 0.1) is 12.5 Å². The van der Waals surface area contributed by atoms with Gasteiger partial charge in [-0.3, -0.25) is 0 Å². The number of hydrogen-bond acceptors (Lipinski definition) is 2. The normalized spacial score (nSPS) is 12.4. The van der Waals surface area contributed by atoms with Gasteiger partial charge >= 0.3 is 0 Å². The highest BCUT2D eigenvalue weighted by Gasteiger charge is 2.05. The molecule has 0 radical (unpaired) electrons. The molecule has 2 rings (SSSR count). The SMILES string of the molecule is COc1ccc2cc(C[C@H](Cl)C=O)ccc2c1. The van der Waals surface area contributed by atoms with Crippen LogP contribution in [0.15, 0.2) is 36.4 Å². The Kier molecular flexibility index (Phi) is 3.64. The molecule has 0 bridgehead atoms. The first-order valence-corrected chi connectivity index (χ1v) is 5.82. The molecule has 2 aromatic rings. The first-order valence-electron chi connectivity index (χ1n) is 5.39. The number of benzene rings is 2. The van der Waals surface area contributed by atoms with E-state index >= 15 is 0 Å². The summed E-state index contributed by atoms with van der Waals surface area (Å²) in [6, 6.07) is 12.0. The Morgan fingerprint density at radius 2 is 1.94 bits per heavy atom. The van der Waals surface area contributed by atoms with Gasteiger partial charge in [-0.2, -0.15) is 0 Å². The van der Waals surface area contributed by atoms with E-state index in [4.69, 9.17) is 16.3 Å². The van der Waals surface area contributed by atoms with Crippen molar-refractivity contribution in [2.24, 2.45) is 0 Å². The molecule has 0 fully saturated rings. The molecule has 0 saturated heterocycles. The van der Waals surface area contributed by atoms with Crippen LogP contribution in [0.4, 0.5) is 0 Å². The maximum absolute atomic E-state index is 10.5. The number of rotatable bonds is 4. The van der Waals surface area contributed by atoms with Crippen LogP contribution in [-0.2, 0) is 11.2 Å². The summed E-state index contributed by atoms with van der Waals surface area (Å²) in [5.74, 6) is 0.841. The summed E-state index contributed by atoms with van der Waals surface area (Å²) in [5, 5.41) is 1.79. The molecule has 0 N–H and O–H groups in total. The molecular formula is C14H13ClO2. The fourth-order valence-electron chi connectivity index (χ4n) is 1.80. The summed E-state index contributed by atoms with van der Waals surface area (Å²) < 4.78 is 5.17. The number of alkyl halides is 1. The Morgan fingerprint density at radius 1 is 1.24 bits per heavy atom. The largest absolute Gasteiger partial charge is 0.497 e. The van der Waals surface area contributed by atoms with Crippen LogP contribution in [0.3, 0.4) is 0 Å². The molecule has 2 aromatic carbocycles. The number of carbonyl (C=O) groups excluding carboxylic acids is 1. The molecule has 0 saturated carbocycles. The van der Waals surface area contributed by atoms with Crippen LogP contribution in [0.25, 0.3) is 10.8 Å². The summed E-state index contributed by atoms with van der Waals surface area (Å²) in [5.41, 5.74) is 1.06. The van der Waals surface area contributed by atoms with Crippen LogP contribution in [0, 0.1) is 0 Å². The van der Waals surface area contributed by atoms with Gasteiger partial charge in [-0.15, -0.1) is 11.6 Å². The van der Waals surface area contributed by atoms with Crippen LogP contribution in [0.5, 0.6) is 5.75 Å². The highest BCUT2D eigenvalue weighted by Crippen LogP contribution is 2.22. The zero-order valence-electron chi connectivity index (χ0n) is 9.52. The van der Waals surface area contributed by atoms with E-state index in [2.05, 4.69) is 0 Å². The minimum Gasteiger partial charge on any atom is -0.497 e. The second kappa shape index (κ2) is 5.19. The maximum Gasteiger partial charge on any atom is 0.138 e. The molecule has 17 heavy (non-hydrogen) atoms. The molecule has 0 aliphatic carbocycles. The summed E-state index contributed by atoms with van der Waals surface area (Å²) in [7, 11) is 1.65. The lowest BCUT2D eigenvalue weighted by molar-refractivity contribution is -0.107. The Hall–Kier alpha value is -1.54. The molecule has 0 aliphatic rings. The van der Waals surface area contributed by atoms with E-state index in [0.29, 0.717) is 6.42 Å². The first-order chi connectivity index (χ1) is 8.22. The van der Waals surface area contributed by atoms with E-state index in [1.54, 1.807) is 7.11 Å². The van der Waals surface area contributed by atoms with Gasteiger partial charge in [-0.05, 0) is 34.9 Å². The van der Waals surface area contributed by atoms with Crippen molar-refractivity contribution in [2.45, 2.75) is 11.8 Å². The number of halogens is 1. The number of aldehydes is 1. The van der Waals surface area contributed by atoms with Crippen molar-refractivity contribution < 1.29 is 9.53 Å². The van der Waals surface area contributed by atoms with Gasteiger partial charge in [0.1, 0.15) is 12.0 Å². The van der Waals surface area contributed by atoms with Crippen LogP contribution < -0.4 is 4.74 Å². The molecule has 0 unspecified atom stereocenters. The van der Waals surface area contributed by atoms with Gasteiger partial charge in [0, 0.05) is 0 Å². The number of hydrogen-bond donors (Lipinski definition) is 0. The van der Waals surface area contributed by atoms with E-state index in [-0.39, 0.29) is 0 Å². The zero-order chi connectivity index (χ0) is 12.3. The molecule has 88 valence electrons. The predicted octanol–water partition coefficient (Wildman–Crippen LogP) is 3.20. The van der Waals surface area contributed by atoms with E-state index in [1.807, 2.05) is 36.4 Å². The van der Waals surface area contributed by atoms with E-state index in [1.165, 1.54) is 0 Å². The minimum atomic E-state index is -0.453. The maximum atomic E-state index is 10.5. The highest BCUT2D eigenvalue weighted by atomic mass is 35.5. The average molecular weight is 249 g/mol. The molecule has 0 amide bonds. The minimum absolute atomic E-state index is 0.453. The molecule has 0 aromatic heterocycles. The standard InChI is InChI=1S/C14H13ClO2/c1-17-14-5-4-11-6-10(7-13(15)9-16)2-3-12(11)8-14/h2-6,8-9,13H,7H2,1H3/t13-/m0/s1. The summed E-state index contributed by atoms with van der Waals surface area (Å²) in [4.78, 5) is 10.5. The Labute approximate surface area is 105 Å². The van der Waals surface area contributed by atoms with Crippen molar-refractivity contribution in [3.8, 4) is 5.75 Å². The van der Waals surface area contributed by atoms with Gasteiger partial charge < -0.3 is 9.53 Å². The Bertz CT molecular complexity index is 537. The molecule has 0 spiro atoms. The summed E-state index contributed by atoms with van der Waals surface area (Å²) in [6.07, 6.45) is 1.33. The van der Waals surface area contributed by atoms with Crippen LogP contribution >= 0.6 is 11.6 Å². The average Bonchev–Trinajstić information content (AvgIpc) is 2.38. The van der Waals surface area contributed by atoms with Crippen molar-refractivity contribution in [3.05, 3.63) is 42.0 Å². The Balaban J connectivity index is 2.34. The first kappa shape index (κ1) is 11.9. The molecular weight excluding hydrogens is 236 g/mol. The third-order valence-corrected chi connectivity index (χ3v) is 2.95. The molecule has 3 heteroatoms. The van der Waals surface area contributed by atoms with Gasteiger partial charge in [0.25, 0.3) is 0 Å². The lowest BCUT2D eigenvalue weighted by Crippen LogP contribution is -2.03. The topological polar surface area (TPSA) is 26.3 Å². The third kappa shape index (κ3) is 2.77. The number of methoxy groups -OCH3 is 1. The second-order valence-electron chi connectivity index (χ2n) is 3.90. The summed E-state index contributed by atoms with van der Waals surface area (Å²) in [6.45, 7) is 0. The lowest BCUT2D eigenvalue weighted by Gasteiger charge is -2.06. The highest BCUT2D eigenvalue weighted by molar-refractivity contribution is 6.27. The van der Waals surface area contributed by atoms with Crippen molar-refractivity contribution in [3.63, 3.8) is 0 Å². The molecule has 0 heterocycles. The lowest BCUT2D eigenvalue weighted by atomic mass is 10.0. The van der Waals surface area contributed by atoms with Crippen LogP contribution in [-0.4, -0.2) is 18.8 Å². The van der Waals surface area contributed by atoms with Crippen LogP contribution in [0.1, 0.15) is 5.56 Å². The van der Waals surface area contributed by atoms with Gasteiger partial charge in [0.2, 0.25) is 0 Å². The van der Waals surface area contributed by atoms with Crippen molar-refractivity contribution >= 4 is 28.7 Å². The van der Waals surface area contributed by atoms with Crippen LogP contribution in [0.2, 0.25) is 0 Å². The van der Waals surface area contributed by atoms with Crippen molar-refractivity contribution in [2.75, 3.05) is 7.11 Å². The third-order valence-electron chi connectivity index (χ3n) is 2.69. The predicted molar refractivity (Wildman–Crippen MR) is 69.9 cm³/mol. The number of carbonyl (C=O) groups is 1. The molecule has 2 nitrogen and oxygen atoms in total. The fourth-order valence-corrected chi connectivity index (χ4v) is 1.98. The molecule has 1 atom stereocenters. The second-order valence-corrected chi connectivity index (χ2v) is 4.46. The number of ether oxygens (including phenoxy) is 1. The van der Waals surface area contributed by atoms with Crippen molar-refractivity contribution in [1.82, 2.24) is 0 Å². The van der Waals surface area contributed by atoms with Gasteiger partial charge in [-0.25, -0.2) is 0 Å². The van der Waals surface area contributed by atoms with Gasteiger partial charge in [-0.1, -0.05) is 24.3 Å². The fraction of sp³-hybridized carbons (Fsp3) is 0.214.